The number of benzene rings is 3. The number of carbonyl (C=O) groups is 2. The topological polar surface area (TPSA) is 60.9 Å². The van der Waals surface area contributed by atoms with Crippen LogP contribution >= 0.6 is 11.6 Å². The molecule has 1 fully saturated rings. The van der Waals surface area contributed by atoms with E-state index in [1.54, 1.807) is 24.3 Å². The minimum Gasteiger partial charge on any atom is -0.385 e. The van der Waals surface area contributed by atoms with Crippen LogP contribution in [0.4, 0.5) is 0 Å². The minimum atomic E-state index is -0.846. The van der Waals surface area contributed by atoms with Crippen molar-refractivity contribution in [1.29, 1.82) is 0 Å². The van der Waals surface area contributed by atoms with Gasteiger partial charge in [0, 0.05) is 24.7 Å². The Kier molecular flexibility index (Phi) is 5.79. The number of rotatable bonds is 5. The van der Waals surface area contributed by atoms with Gasteiger partial charge in [0.15, 0.2) is 0 Å². The number of hydrogen-bond donors (Lipinski definition) is 1. The fourth-order valence-electron chi connectivity index (χ4n) is 4.79. The largest absolute Gasteiger partial charge is 0.385 e. The molecule has 2 heterocycles. The number of imide groups is 1. The van der Waals surface area contributed by atoms with E-state index in [9.17, 15) is 14.7 Å². The zero-order chi connectivity index (χ0) is 23.0. The summed E-state index contributed by atoms with van der Waals surface area (Å²) in [4.78, 5) is 29.2. The van der Waals surface area contributed by atoms with Gasteiger partial charge >= 0.3 is 0 Å². The van der Waals surface area contributed by atoms with E-state index in [-0.39, 0.29) is 18.4 Å². The van der Waals surface area contributed by atoms with Crippen molar-refractivity contribution < 1.29 is 14.7 Å². The molecule has 0 aromatic heterocycles. The summed E-state index contributed by atoms with van der Waals surface area (Å²) in [6.07, 6.45) is 1.27. The Bertz CT molecular complexity index is 1160. The molecule has 2 amide bonds. The van der Waals surface area contributed by atoms with Gasteiger partial charge in [0.25, 0.3) is 11.8 Å². The van der Waals surface area contributed by atoms with E-state index in [1.807, 2.05) is 48.5 Å². The van der Waals surface area contributed by atoms with Crippen LogP contribution in [0.15, 0.2) is 72.8 Å². The highest BCUT2D eigenvalue weighted by atomic mass is 35.5. The molecule has 0 atom stereocenters. The second kappa shape index (κ2) is 8.75. The van der Waals surface area contributed by atoms with Crippen LogP contribution in [0.2, 0.25) is 5.02 Å². The zero-order valence-electron chi connectivity index (χ0n) is 18.2. The van der Waals surface area contributed by atoms with E-state index in [2.05, 4.69) is 4.90 Å². The van der Waals surface area contributed by atoms with E-state index in [0.717, 1.165) is 29.8 Å². The Morgan fingerprint density at radius 3 is 1.85 bits per heavy atom. The van der Waals surface area contributed by atoms with Crippen LogP contribution in [0.5, 0.6) is 0 Å². The molecule has 0 radical (unpaired) electrons. The van der Waals surface area contributed by atoms with Crippen molar-refractivity contribution in [3.63, 3.8) is 0 Å². The fourth-order valence-corrected chi connectivity index (χ4v) is 4.92. The molecule has 5 nitrogen and oxygen atoms in total. The first kappa shape index (κ1) is 21.8. The van der Waals surface area contributed by atoms with Gasteiger partial charge in [0.2, 0.25) is 0 Å². The van der Waals surface area contributed by atoms with Gasteiger partial charge in [-0.15, -0.1) is 0 Å². The van der Waals surface area contributed by atoms with Crippen LogP contribution in [-0.2, 0) is 18.7 Å². The van der Waals surface area contributed by atoms with Gasteiger partial charge in [0.1, 0.15) is 0 Å². The Morgan fingerprint density at radius 1 is 0.758 bits per heavy atom. The fraction of sp³-hybridized carbons (Fsp3) is 0.259. The molecule has 5 rings (SSSR count). The highest BCUT2D eigenvalue weighted by Gasteiger charge is 2.36. The second-order valence-electron chi connectivity index (χ2n) is 8.83. The Labute approximate surface area is 198 Å². The third kappa shape index (κ3) is 4.20. The van der Waals surface area contributed by atoms with Crippen molar-refractivity contribution in [3.05, 3.63) is 106 Å². The summed E-state index contributed by atoms with van der Waals surface area (Å²) in [6, 6.07) is 22.3. The molecular weight excluding hydrogens is 436 g/mol. The third-order valence-corrected chi connectivity index (χ3v) is 7.04. The van der Waals surface area contributed by atoms with Gasteiger partial charge in [-0.05, 0) is 53.8 Å². The smallest absolute Gasteiger partial charge is 0.261 e. The first-order chi connectivity index (χ1) is 15.9. The summed E-state index contributed by atoms with van der Waals surface area (Å²) in [6.45, 7) is 2.46. The maximum atomic E-state index is 12.8. The molecule has 2 aliphatic rings. The summed E-state index contributed by atoms with van der Waals surface area (Å²) in [5.41, 5.74) is 3.05. The molecule has 0 aliphatic carbocycles. The molecule has 3 aromatic carbocycles. The predicted molar refractivity (Wildman–Crippen MR) is 127 cm³/mol. The Hall–Kier alpha value is -2.99. The predicted octanol–water partition coefficient (Wildman–Crippen LogP) is 4.62. The average molecular weight is 461 g/mol. The number of halogens is 1. The molecule has 168 valence electrons. The molecule has 0 unspecified atom stereocenters. The zero-order valence-corrected chi connectivity index (χ0v) is 19.0. The summed E-state index contributed by atoms with van der Waals surface area (Å²) in [5, 5.41) is 11.8. The van der Waals surface area contributed by atoms with E-state index in [0.29, 0.717) is 35.5 Å². The van der Waals surface area contributed by atoms with Crippen molar-refractivity contribution >= 4 is 23.4 Å². The van der Waals surface area contributed by atoms with E-state index in [1.165, 1.54) is 4.90 Å². The van der Waals surface area contributed by atoms with Crippen molar-refractivity contribution in [3.8, 4) is 0 Å². The third-order valence-electron chi connectivity index (χ3n) is 6.78. The van der Waals surface area contributed by atoms with Crippen molar-refractivity contribution in [1.82, 2.24) is 9.80 Å². The number of fused-ring (bicyclic) bond motifs is 1. The molecule has 0 saturated carbocycles. The number of nitrogens with zero attached hydrogens (tertiary/aromatic N) is 2. The Morgan fingerprint density at radius 2 is 1.27 bits per heavy atom. The SMILES string of the molecule is O=C1c2ccccc2C(=O)N1Cc1ccccc1CN1CCC(O)(c2ccc(Cl)cc2)CC1. The van der Waals surface area contributed by atoms with Gasteiger partial charge in [-0.25, -0.2) is 0 Å². The van der Waals surface area contributed by atoms with Crippen LogP contribution in [0, 0.1) is 0 Å². The second-order valence-corrected chi connectivity index (χ2v) is 9.26. The van der Waals surface area contributed by atoms with Crippen LogP contribution in [-0.4, -0.2) is 39.8 Å². The average Bonchev–Trinajstić information content (AvgIpc) is 3.07. The van der Waals surface area contributed by atoms with Crippen LogP contribution in [0.3, 0.4) is 0 Å². The Balaban J connectivity index is 1.27. The summed E-state index contributed by atoms with van der Waals surface area (Å²) < 4.78 is 0. The normalized spacial score (nSPS) is 17.9. The number of likely N-dealkylation sites (tertiary alicyclic amines) is 1. The number of aliphatic hydroxyl groups is 1. The van der Waals surface area contributed by atoms with Gasteiger partial charge in [-0.3, -0.25) is 19.4 Å². The van der Waals surface area contributed by atoms with E-state index >= 15 is 0 Å². The van der Waals surface area contributed by atoms with Gasteiger partial charge in [-0.1, -0.05) is 60.1 Å². The molecule has 3 aromatic rings. The lowest BCUT2D eigenvalue weighted by Crippen LogP contribution is -2.42. The molecule has 6 heteroatoms. The molecule has 33 heavy (non-hydrogen) atoms. The standard InChI is InChI=1S/C27H25ClN2O3/c28-22-11-9-21(10-12-22)27(33)13-15-29(16-14-27)17-19-5-1-2-6-20(19)18-30-25(31)23-7-3-4-8-24(23)26(30)32/h1-12,33H,13-18H2. The van der Waals surface area contributed by atoms with Crippen LogP contribution in [0.1, 0.15) is 50.2 Å². The lowest BCUT2D eigenvalue weighted by Gasteiger charge is -2.39. The quantitative estimate of drug-likeness (QED) is 0.564. The summed E-state index contributed by atoms with van der Waals surface area (Å²) in [5.74, 6) is -0.479. The maximum absolute atomic E-state index is 12.8. The molecular formula is C27H25ClN2O3. The number of carbonyl (C=O) groups excluding carboxylic acids is 2. The number of hydrogen-bond acceptors (Lipinski definition) is 4. The molecule has 2 aliphatic heterocycles. The molecule has 1 N–H and O–H groups in total. The highest BCUT2D eigenvalue weighted by molar-refractivity contribution is 6.30. The first-order valence-corrected chi connectivity index (χ1v) is 11.6. The van der Waals surface area contributed by atoms with Crippen molar-refractivity contribution in [2.24, 2.45) is 0 Å². The van der Waals surface area contributed by atoms with Gasteiger partial charge in [-0.2, -0.15) is 0 Å². The highest BCUT2D eigenvalue weighted by Crippen LogP contribution is 2.34. The van der Waals surface area contributed by atoms with Crippen molar-refractivity contribution in [2.75, 3.05) is 13.1 Å². The summed E-state index contributed by atoms with van der Waals surface area (Å²) >= 11 is 5.99. The van der Waals surface area contributed by atoms with Crippen molar-refractivity contribution in [2.45, 2.75) is 31.5 Å². The van der Waals surface area contributed by atoms with Crippen LogP contribution < -0.4 is 0 Å². The first-order valence-electron chi connectivity index (χ1n) is 11.2. The number of amides is 2. The van der Waals surface area contributed by atoms with Crippen LogP contribution in [0.25, 0.3) is 0 Å². The van der Waals surface area contributed by atoms with E-state index < -0.39 is 5.60 Å². The van der Waals surface area contributed by atoms with Gasteiger partial charge < -0.3 is 5.11 Å². The molecule has 0 bridgehead atoms. The summed E-state index contributed by atoms with van der Waals surface area (Å²) in [7, 11) is 0. The lowest BCUT2D eigenvalue weighted by atomic mass is 9.84. The molecule has 1 saturated heterocycles. The number of piperidine rings is 1. The van der Waals surface area contributed by atoms with E-state index in [4.69, 9.17) is 11.6 Å². The monoisotopic (exact) mass is 460 g/mol. The lowest BCUT2D eigenvalue weighted by molar-refractivity contribution is -0.0278. The maximum Gasteiger partial charge on any atom is 0.261 e. The van der Waals surface area contributed by atoms with Gasteiger partial charge in [0.05, 0.1) is 23.3 Å². The molecule has 0 spiro atoms. The minimum absolute atomic E-state index is 0.239.